The fourth-order valence-corrected chi connectivity index (χ4v) is 2.03. The fraction of sp³-hybridized carbons (Fsp3) is 0.333. The van der Waals surface area contributed by atoms with Crippen molar-refractivity contribution in [3.8, 4) is 5.75 Å². The Hall–Kier alpha value is -2.10. The molecule has 1 N–H and O–H groups in total. The van der Waals surface area contributed by atoms with Gasteiger partial charge in [0.1, 0.15) is 5.75 Å². The van der Waals surface area contributed by atoms with Crippen LogP contribution in [0, 0.1) is 0 Å². The Morgan fingerprint density at radius 1 is 1.26 bits per heavy atom. The molecule has 0 aromatic heterocycles. The predicted octanol–water partition coefficient (Wildman–Crippen LogP) is 2.10. The second kappa shape index (κ2) is 6.18. The maximum absolute atomic E-state index is 11.9. The SMILES string of the molecule is COc1ccc(C(=O)CNC(=O)C2=CCCC2)cc1. The van der Waals surface area contributed by atoms with Crippen molar-refractivity contribution >= 4 is 11.7 Å². The molecule has 0 bridgehead atoms. The van der Waals surface area contributed by atoms with Gasteiger partial charge in [-0.3, -0.25) is 9.59 Å². The molecule has 2 rings (SSSR count). The number of hydrogen-bond acceptors (Lipinski definition) is 3. The topological polar surface area (TPSA) is 55.4 Å². The lowest BCUT2D eigenvalue weighted by atomic mass is 10.1. The van der Waals surface area contributed by atoms with Crippen LogP contribution in [0.15, 0.2) is 35.9 Å². The highest BCUT2D eigenvalue weighted by atomic mass is 16.5. The molecule has 0 heterocycles. The number of carbonyl (C=O) groups excluding carboxylic acids is 2. The van der Waals surface area contributed by atoms with Crippen molar-refractivity contribution in [3.05, 3.63) is 41.5 Å². The molecule has 0 radical (unpaired) electrons. The first-order valence-electron chi connectivity index (χ1n) is 6.35. The Bertz CT molecular complexity index is 503. The van der Waals surface area contributed by atoms with Gasteiger partial charge in [-0.2, -0.15) is 0 Å². The van der Waals surface area contributed by atoms with Gasteiger partial charge < -0.3 is 10.1 Å². The summed E-state index contributed by atoms with van der Waals surface area (Å²) < 4.78 is 5.03. The molecule has 0 aliphatic heterocycles. The molecule has 0 saturated carbocycles. The van der Waals surface area contributed by atoms with Crippen molar-refractivity contribution in [3.63, 3.8) is 0 Å². The summed E-state index contributed by atoms with van der Waals surface area (Å²) in [4.78, 5) is 23.6. The van der Waals surface area contributed by atoms with Gasteiger partial charge in [0.25, 0.3) is 0 Å². The zero-order valence-electron chi connectivity index (χ0n) is 10.9. The van der Waals surface area contributed by atoms with Crippen LogP contribution < -0.4 is 10.1 Å². The molecular weight excluding hydrogens is 242 g/mol. The van der Waals surface area contributed by atoms with Crippen LogP contribution in [0.5, 0.6) is 5.75 Å². The van der Waals surface area contributed by atoms with Crippen LogP contribution >= 0.6 is 0 Å². The van der Waals surface area contributed by atoms with Crippen molar-refractivity contribution in [1.29, 1.82) is 0 Å². The molecule has 1 aromatic carbocycles. The summed E-state index contributed by atoms with van der Waals surface area (Å²) in [5.74, 6) is 0.477. The minimum atomic E-state index is -0.126. The number of hydrogen-bond donors (Lipinski definition) is 1. The third kappa shape index (κ3) is 3.44. The largest absolute Gasteiger partial charge is 0.497 e. The first-order valence-corrected chi connectivity index (χ1v) is 6.35. The number of ether oxygens (including phenoxy) is 1. The lowest BCUT2D eigenvalue weighted by Crippen LogP contribution is -2.30. The monoisotopic (exact) mass is 259 g/mol. The molecule has 1 aliphatic rings. The van der Waals surface area contributed by atoms with E-state index in [4.69, 9.17) is 4.74 Å². The van der Waals surface area contributed by atoms with E-state index in [-0.39, 0.29) is 18.2 Å². The van der Waals surface area contributed by atoms with Gasteiger partial charge >= 0.3 is 0 Å². The summed E-state index contributed by atoms with van der Waals surface area (Å²) in [6, 6.07) is 6.85. The molecular formula is C15H17NO3. The van der Waals surface area contributed by atoms with Gasteiger partial charge in [0, 0.05) is 11.1 Å². The number of benzene rings is 1. The zero-order chi connectivity index (χ0) is 13.7. The highest BCUT2D eigenvalue weighted by Gasteiger charge is 2.14. The first kappa shape index (κ1) is 13.3. The maximum atomic E-state index is 11.9. The number of Topliss-reactive ketones (excluding diaryl/α,β-unsaturated/α-hetero) is 1. The molecule has 0 atom stereocenters. The van der Waals surface area contributed by atoms with E-state index < -0.39 is 0 Å². The lowest BCUT2D eigenvalue weighted by molar-refractivity contribution is -0.117. The molecule has 1 amide bonds. The molecule has 19 heavy (non-hydrogen) atoms. The van der Waals surface area contributed by atoms with Crippen molar-refractivity contribution < 1.29 is 14.3 Å². The van der Waals surface area contributed by atoms with E-state index in [2.05, 4.69) is 5.32 Å². The first-order chi connectivity index (χ1) is 9.20. The van der Waals surface area contributed by atoms with Crippen molar-refractivity contribution in [2.24, 2.45) is 0 Å². The Kier molecular flexibility index (Phi) is 4.34. The number of amides is 1. The van der Waals surface area contributed by atoms with Crippen LogP contribution in [-0.4, -0.2) is 25.3 Å². The minimum absolute atomic E-state index is 0.0303. The van der Waals surface area contributed by atoms with Gasteiger partial charge in [0.15, 0.2) is 5.78 Å². The molecule has 4 heteroatoms. The molecule has 0 unspecified atom stereocenters. The van der Waals surface area contributed by atoms with Crippen LogP contribution in [0.25, 0.3) is 0 Å². The zero-order valence-corrected chi connectivity index (χ0v) is 10.9. The molecule has 1 aliphatic carbocycles. The summed E-state index contributed by atoms with van der Waals surface area (Å²) in [6.07, 6.45) is 4.72. The third-order valence-electron chi connectivity index (χ3n) is 3.15. The third-order valence-corrected chi connectivity index (χ3v) is 3.15. The second-order valence-electron chi connectivity index (χ2n) is 4.46. The van der Waals surface area contributed by atoms with Gasteiger partial charge in [-0.1, -0.05) is 6.08 Å². The Morgan fingerprint density at radius 2 is 2.00 bits per heavy atom. The summed E-state index contributed by atoms with van der Waals surface area (Å²) in [6.45, 7) is 0.0303. The molecule has 4 nitrogen and oxygen atoms in total. The maximum Gasteiger partial charge on any atom is 0.247 e. The van der Waals surface area contributed by atoms with Crippen LogP contribution in [-0.2, 0) is 4.79 Å². The van der Waals surface area contributed by atoms with E-state index in [0.717, 1.165) is 24.8 Å². The standard InChI is InChI=1S/C15H17NO3/c1-19-13-8-6-11(7-9-13)14(17)10-16-15(18)12-4-2-3-5-12/h4,6-9H,2-3,5,10H2,1H3,(H,16,18). The van der Waals surface area contributed by atoms with Crippen LogP contribution in [0.2, 0.25) is 0 Å². The van der Waals surface area contributed by atoms with E-state index in [1.165, 1.54) is 0 Å². The van der Waals surface area contributed by atoms with E-state index in [1.807, 2.05) is 6.08 Å². The minimum Gasteiger partial charge on any atom is -0.497 e. The lowest BCUT2D eigenvalue weighted by Gasteiger charge is -2.06. The Balaban J connectivity index is 1.88. The molecule has 0 spiro atoms. The van der Waals surface area contributed by atoms with Gasteiger partial charge in [0.2, 0.25) is 5.91 Å². The van der Waals surface area contributed by atoms with Gasteiger partial charge in [-0.15, -0.1) is 0 Å². The Labute approximate surface area is 112 Å². The number of ketones is 1. The average molecular weight is 259 g/mol. The molecule has 1 aromatic rings. The molecule has 0 fully saturated rings. The van der Waals surface area contributed by atoms with Crippen LogP contribution in [0.3, 0.4) is 0 Å². The molecule has 100 valence electrons. The number of rotatable bonds is 5. The quantitative estimate of drug-likeness (QED) is 0.824. The van der Waals surface area contributed by atoms with Crippen LogP contribution in [0.1, 0.15) is 29.6 Å². The average Bonchev–Trinajstić information content (AvgIpc) is 2.98. The van der Waals surface area contributed by atoms with E-state index in [9.17, 15) is 9.59 Å². The number of carbonyl (C=O) groups is 2. The van der Waals surface area contributed by atoms with Crippen LogP contribution in [0.4, 0.5) is 0 Å². The number of allylic oxidation sites excluding steroid dienone is 1. The van der Waals surface area contributed by atoms with Crippen molar-refractivity contribution in [1.82, 2.24) is 5.32 Å². The highest BCUT2D eigenvalue weighted by Crippen LogP contribution is 2.17. The Morgan fingerprint density at radius 3 is 2.58 bits per heavy atom. The van der Waals surface area contributed by atoms with Crippen molar-refractivity contribution in [2.45, 2.75) is 19.3 Å². The van der Waals surface area contributed by atoms with Gasteiger partial charge in [-0.25, -0.2) is 0 Å². The normalized spacial score (nSPS) is 13.8. The number of nitrogens with one attached hydrogen (secondary N) is 1. The smallest absolute Gasteiger partial charge is 0.247 e. The van der Waals surface area contributed by atoms with Crippen molar-refractivity contribution in [2.75, 3.05) is 13.7 Å². The highest BCUT2D eigenvalue weighted by molar-refractivity contribution is 6.02. The van der Waals surface area contributed by atoms with E-state index in [1.54, 1.807) is 31.4 Å². The summed E-state index contributed by atoms with van der Waals surface area (Å²) in [5, 5.41) is 2.66. The number of methoxy groups -OCH3 is 1. The summed E-state index contributed by atoms with van der Waals surface area (Å²) in [7, 11) is 1.58. The van der Waals surface area contributed by atoms with Gasteiger partial charge in [0.05, 0.1) is 13.7 Å². The fourth-order valence-electron chi connectivity index (χ4n) is 2.03. The second-order valence-corrected chi connectivity index (χ2v) is 4.46. The summed E-state index contributed by atoms with van der Waals surface area (Å²) >= 11 is 0. The van der Waals surface area contributed by atoms with E-state index >= 15 is 0 Å². The molecule has 0 saturated heterocycles. The van der Waals surface area contributed by atoms with E-state index in [0.29, 0.717) is 11.3 Å². The van der Waals surface area contributed by atoms with Gasteiger partial charge in [-0.05, 0) is 43.5 Å². The summed E-state index contributed by atoms with van der Waals surface area (Å²) in [5.41, 5.74) is 1.36. The predicted molar refractivity (Wildman–Crippen MR) is 72.3 cm³/mol.